The maximum atomic E-state index is 6.26. The van der Waals surface area contributed by atoms with E-state index in [9.17, 15) is 0 Å². The van der Waals surface area contributed by atoms with Crippen molar-refractivity contribution < 1.29 is 4.42 Å². The quantitative estimate of drug-likeness (QED) is 0.160. The van der Waals surface area contributed by atoms with Crippen molar-refractivity contribution in [1.29, 1.82) is 0 Å². The number of rotatable bonds is 7. The van der Waals surface area contributed by atoms with Gasteiger partial charge in [-0.15, -0.1) is 11.3 Å². The van der Waals surface area contributed by atoms with E-state index in [1.807, 2.05) is 23.5 Å². The SMILES string of the molecule is c1cc(-c2cccc3c2sc2ccccc23)cc(N(c2ccc(-c3ccc(-c4cccc5ccccc45)cc3)cc2)c2ccc(-c3cccc4oc5ccccc5c34)cc2)c1. The lowest BCUT2D eigenvalue weighted by atomic mass is 9.96. The Labute approximate surface area is 357 Å². The number of hydrogen-bond donors (Lipinski definition) is 0. The molecule has 0 spiro atoms. The van der Waals surface area contributed by atoms with Crippen LogP contribution in [0.2, 0.25) is 0 Å². The molecule has 0 amide bonds. The molecule has 3 heteroatoms. The maximum Gasteiger partial charge on any atom is 0.136 e. The van der Waals surface area contributed by atoms with E-state index in [0.717, 1.165) is 50.1 Å². The fraction of sp³-hybridized carbons (Fsp3) is 0. The van der Waals surface area contributed by atoms with Crippen LogP contribution >= 0.6 is 11.3 Å². The second-order valence-electron chi connectivity index (χ2n) is 15.6. The van der Waals surface area contributed by atoms with Gasteiger partial charge in [-0.25, -0.2) is 0 Å². The molecule has 0 radical (unpaired) electrons. The molecule has 0 aliphatic carbocycles. The van der Waals surface area contributed by atoms with Gasteiger partial charge in [0.15, 0.2) is 0 Å². The van der Waals surface area contributed by atoms with Gasteiger partial charge in [-0.05, 0) is 110 Å². The molecule has 10 aromatic carbocycles. The van der Waals surface area contributed by atoms with Crippen LogP contribution in [0.4, 0.5) is 17.1 Å². The van der Waals surface area contributed by atoms with Crippen molar-refractivity contribution in [2.75, 3.05) is 4.90 Å². The molecule has 2 aromatic heterocycles. The van der Waals surface area contributed by atoms with Gasteiger partial charge in [0, 0.05) is 48.0 Å². The fourth-order valence-corrected chi connectivity index (χ4v) is 10.4. The number of para-hydroxylation sites is 1. The molecular weight excluding hydrogens is 759 g/mol. The van der Waals surface area contributed by atoms with E-state index in [0.29, 0.717) is 0 Å². The summed E-state index contributed by atoms with van der Waals surface area (Å²) in [5.74, 6) is 0. The summed E-state index contributed by atoms with van der Waals surface area (Å²) in [6.45, 7) is 0. The molecule has 0 bridgehead atoms. The summed E-state index contributed by atoms with van der Waals surface area (Å²) in [6.07, 6.45) is 0. The zero-order valence-corrected chi connectivity index (χ0v) is 33.9. The molecule has 61 heavy (non-hydrogen) atoms. The second-order valence-corrected chi connectivity index (χ2v) is 16.7. The van der Waals surface area contributed by atoms with E-state index >= 15 is 0 Å². The Morgan fingerprint density at radius 2 is 0.869 bits per heavy atom. The second kappa shape index (κ2) is 14.5. The van der Waals surface area contributed by atoms with Crippen LogP contribution in [0.3, 0.4) is 0 Å². The molecule has 12 rings (SSSR count). The van der Waals surface area contributed by atoms with Crippen LogP contribution in [0.1, 0.15) is 0 Å². The number of fused-ring (bicyclic) bond motifs is 7. The highest BCUT2D eigenvalue weighted by Crippen LogP contribution is 2.44. The first-order chi connectivity index (χ1) is 30.2. The maximum absolute atomic E-state index is 6.26. The average Bonchev–Trinajstić information content (AvgIpc) is 3.91. The summed E-state index contributed by atoms with van der Waals surface area (Å²) in [5, 5.41) is 7.41. The first kappa shape index (κ1) is 35.2. The molecule has 0 aliphatic rings. The number of hydrogen-bond acceptors (Lipinski definition) is 3. The first-order valence-corrected chi connectivity index (χ1v) is 21.6. The summed E-state index contributed by atoms with van der Waals surface area (Å²) >= 11 is 1.87. The van der Waals surface area contributed by atoms with E-state index < -0.39 is 0 Å². The summed E-state index contributed by atoms with van der Waals surface area (Å²) in [6, 6.07) is 81.1. The molecule has 0 atom stereocenters. The molecule has 0 unspecified atom stereocenters. The van der Waals surface area contributed by atoms with Crippen molar-refractivity contribution >= 4 is 81.3 Å². The normalized spacial score (nSPS) is 11.6. The molecular formula is C58H37NOS. The van der Waals surface area contributed by atoms with E-state index in [-0.39, 0.29) is 0 Å². The highest BCUT2D eigenvalue weighted by molar-refractivity contribution is 7.26. The smallest absolute Gasteiger partial charge is 0.136 e. The van der Waals surface area contributed by atoms with Gasteiger partial charge in [-0.1, -0.05) is 170 Å². The van der Waals surface area contributed by atoms with Gasteiger partial charge in [-0.3, -0.25) is 0 Å². The Morgan fingerprint density at radius 3 is 1.69 bits per heavy atom. The fourth-order valence-electron chi connectivity index (χ4n) is 9.16. The predicted octanol–water partition coefficient (Wildman–Crippen LogP) is 17.2. The van der Waals surface area contributed by atoms with E-state index in [1.165, 1.54) is 64.3 Å². The highest BCUT2D eigenvalue weighted by Gasteiger charge is 2.18. The molecule has 2 nitrogen and oxygen atoms in total. The van der Waals surface area contributed by atoms with Crippen molar-refractivity contribution in [3.63, 3.8) is 0 Å². The van der Waals surface area contributed by atoms with Crippen LogP contribution in [-0.2, 0) is 0 Å². The third-order valence-electron chi connectivity index (χ3n) is 12.1. The van der Waals surface area contributed by atoms with Crippen LogP contribution in [0.5, 0.6) is 0 Å². The Balaban J connectivity index is 0.943. The van der Waals surface area contributed by atoms with Crippen LogP contribution < -0.4 is 4.90 Å². The van der Waals surface area contributed by atoms with Crippen molar-refractivity contribution in [1.82, 2.24) is 0 Å². The Hall–Kier alpha value is -7.72. The van der Waals surface area contributed by atoms with Crippen LogP contribution in [0.15, 0.2) is 229 Å². The molecule has 0 N–H and O–H groups in total. The van der Waals surface area contributed by atoms with Crippen LogP contribution in [0.25, 0.3) is 97.4 Å². The molecule has 2 heterocycles. The largest absolute Gasteiger partial charge is 0.456 e. The number of thiophene rings is 1. The molecule has 286 valence electrons. The zero-order valence-electron chi connectivity index (χ0n) is 33.1. The molecule has 0 fully saturated rings. The summed E-state index contributed by atoms with van der Waals surface area (Å²) < 4.78 is 8.88. The third kappa shape index (κ3) is 6.09. The minimum atomic E-state index is 0.901. The minimum Gasteiger partial charge on any atom is -0.456 e. The summed E-state index contributed by atoms with van der Waals surface area (Å²) in [5.41, 5.74) is 14.7. The minimum absolute atomic E-state index is 0.901. The van der Waals surface area contributed by atoms with Crippen molar-refractivity contribution in [2.24, 2.45) is 0 Å². The Bertz CT molecular complexity index is 3570. The van der Waals surface area contributed by atoms with Crippen molar-refractivity contribution in [3.05, 3.63) is 224 Å². The lowest BCUT2D eigenvalue weighted by Crippen LogP contribution is -2.10. The van der Waals surface area contributed by atoms with Gasteiger partial charge in [0.25, 0.3) is 0 Å². The number of benzene rings is 10. The van der Waals surface area contributed by atoms with E-state index in [1.54, 1.807) is 0 Å². The first-order valence-electron chi connectivity index (χ1n) is 20.7. The zero-order chi connectivity index (χ0) is 40.3. The lowest BCUT2D eigenvalue weighted by molar-refractivity contribution is 0.669. The number of anilines is 3. The van der Waals surface area contributed by atoms with Gasteiger partial charge in [0.1, 0.15) is 11.2 Å². The van der Waals surface area contributed by atoms with Crippen molar-refractivity contribution in [2.45, 2.75) is 0 Å². The van der Waals surface area contributed by atoms with Crippen molar-refractivity contribution in [3.8, 4) is 44.5 Å². The van der Waals surface area contributed by atoms with Crippen LogP contribution in [-0.4, -0.2) is 0 Å². The standard InChI is InChI=1S/C58H37NOS/c1-2-15-47-40(11-1)12-8-18-48(47)41-27-25-38(26-28-41)39-29-33-44(34-30-39)59(45-35-31-42(32-36-45)49-19-10-23-55-57(49)53-17-3-5-22-54(53)60-55)46-14-7-13-43(37-46)50-20-9-21-52-51-16-4-6-24-56(51)61-58(50)52/h1-37H. The van der Waals surface area contributed by atoms with Gasteiger partial charge in [0.05, 0.1) is 0 Å². The average molecular weight is 796 g/mol. The van der Waals surface area contributed by atoms with Crippen LogP contribution in [0, 0.1) is 0 Å². The summed E-state index contributed by atoms with van der Waals surface area (Å²) in [7, 11) is 0. The Kier molecular flexibility index (Phi) is 8.39. The van der Waals surface area contributed by atoms with Gasteiger partial charge >= 0.3 is 0 Å². The monoisotopic (exact) mass is 795 g/mol. The third-order valence-corrected chi connectivity index (χ3v) is 13.3. The van der Waals surface area contributed by atoms with Gasteiger partial charge in [-0.2, -0.15) is 0 Å². The predicted molar refractivity (Wildman–Crippen MR) is 261 cm³/mol. The van der Waals surface area contributed by atoms with Gasteiger partial charge in [0.2, 0.25) is 0 Å². The molecule has 12 aromatic rings. The van der Waals surface area contributed by atoms with E-state index in [4.69, 9.17) is 4.42 Å². The molecule has 0 saturated carbocycles. The Morgan fingerprint density at radius 1 is 0.328 bits per heavy atom. The van der Waals surface area contributed by atoms with Gasteiger partial charge < -0.3 is 9.32 Å². The molecule has 0 saturated heterocycles. The van der Waals surface area contributed by atoms with E-state index in [2.05, 4.69) is 217 Å². The molecule has 0 aliphatic heterocycles. The summed E-state index contributed by atoms with van der Waals surface area (Å²) in [4.78, 5) is 2.37. The highest BCUT2D eigenvalue weighted by atomic mass is 32.1. The topological polar surface area (TPSA) is 16.4 Å². The lowest BCUT2D eigenvalue weighted by Gasteiger charge is -2.26. The number of nitrogens with zero attached hydrogens (tertiary/aromatic N) is 1. The number of furan rings is 1.